The molecule has 3 rings (SSSR count). The number of nitrogens with zero attached hydrogens (tertiary/aromatic N) is 3. The van der Waals surface area contributed by atoms with E-state index in [1.54, 1.807) is 14.2 Å². The van der Waals surface area contributed by atoms with E-state index in [1.807, 2.05) is 62.6 Å². The minimum atomic E-state index is 0.179. The number of pyridine rings is 1. The number of nitrogen functional groups attached to an aromatic ring is 1. The van der Waals surface area contributed by atoms with Gasteiger partial charge < -0.3 is 24.8 Å². The maximum absolute atomic E-state index is 9.68. The topological polar surface area (TPSA) is 93.6 Å². The van der Waals surface area contributed by atoms with E-state index in [4.69, 9.17) is 19.9 Å². The number of aromatic nitrogens is 1. The number of anilines is 1. The second-order valence-electron chi connectivity index (χ2n) is 7.53. The van der Waals surface area contributed by atoms with Gasteiger partial charge in [-0.15, -0.1) is 0 Å². The molecule has 0 amide bonds. The van der Waals surface area contributed by atoms with Crippen molar-refractivity contribution < 1.29 is 14.2 Å². The van der Waals surface area contributed by atoms with Crippen LogP contribution in [0, 0.1) is 11.3 Å². The summed E-state index contributed by atoms with van der Waals surface area (Å²) in [7, 11) is 7.25. The zero-order valence-corrected chi connectivity index (χ0v) is 18.9. The molecular weight excluding hydrogens is 404 g/mol. The van der Waals surface area contributed by atoms with Crippen LogP contribution in [0.3, 0.4) is 0 Å². The third-order valence-corrected chi connectivity index (χ3v) is 5.02. The first-order chi connectivity index (χ1) is 15.5. The van der Waals surface area contributed by atoms with E-state index in [0.29, 0.717) is 34.9 Å². The van der Waals surface area contributed by atoms with E-state index in [9.17, 15) is 5.26 Å². The van der Waals surface area contributed by atoms with Gasteiger partial charge in [-0.05, 0) is 62.5 Å². The minimum absolute atomic E-state index is 0.179. The highest BCUT2D eigenvalue weighted by Gasteiger charge is 2.15. The summed E-state index contributed by atoms with van der Waals surface area (Å²) in [6, 6.07) is 17.2. The molecule has 0 saturated carbocycles. The van der Waals surface area contributed by atoms with Gasteiger partial charge in [-0.2, -0.15) is 5.26 Å². The van der Waals surface area contributed by atoms with Gasteiger partial charge in [0, 0.05) is 17.7 Å². The number of rotatable bonds is 9. The molecule has 0 atom stereocenters. The Morgan fingerprint density at radius 1 is 0.969 bits per heavy atom. The number of nitrogens with two attached hydrogens (primary N) is 1. The molecule has 0 aliphatic carbocycles. The number of methoxy groups -OCH3 is 2. The van der Waals surface area contributed by atoms with Gasteiger partial charge >= 0.3 is 0 Å². The first kappa shape index (κ1) is 22.9. The van der Waals surface area contributed by atoms with Crippen molar-refractivity contribution in [2.45, 2.75) is 6.42 Å². The fourth-order valence-corrected chi connectivity index (χ4v) is 3.35. The Bertz CT molecular complexity index is 1110. The second kappa shape index (κ2) is 10.5. The first-order valence-corrected chi connectivity index (χ1v) is 10.3. The molecular formula is C25H28N4O3. The van der Waals surface area contributed by atoms with Crippen LogP contribution in [0.5, 0.6) is 17.2 Å². The lowest BCUT2D eigenvalue weighted by Gasteiger charge is -2.13. The molecule has 0 radical (unpaired) electrons. The van der Waals surface area contributed by atoms with Crippen molar-refractivity contribution in [2.24, 2.45) is 0 Å². The molecule has 2 aromatic carbocycles. The molecule has 0 aliphatic heterocycles. The van der Waals surface area contributed by atoms with Crippen LogP contribution in [-0.4, -0.2) is 51.4 Å². The molecule has 3 aromatic rings. The maximum Gasteiger partial charge on any atom is 0.161 e. The largest absolute Gasteiger partial charge is 0.494 e. The molecule has 1 heterocycles. The van der Waals surface area contributed by atoms with Crippen molar-refractivity contribution in [2.75, 3.05) is 47.2 Å². The van der Waals surface area contributed by atoms with Crippen molar-refractivity contribution in [3.8, 4) is 45.7 Å². The fraction of sp³-hybridized carbons (Fsp3) is 0.280. The zero-order valence-electron chi connectivity index (χ0n) is 18.9. The number of ether oxygens (including phenoxy) is 3. The number of hydrogen-bond donors (Lipinski definition) is 1. The summed E-state index contributed by atoms with van der Waals surface area (Å²) in [5.41, 5.74) is 9.51. The lowest BCUT2D eigenvalue weighted by atomic mass is 9.98. The van der Waals surface area contributed by atoms with Gasteiger partial charge in [0.1, 0.15) is 23.2 Å². The standard InChI is InChI=1S/C25H28N4O3/c1-29(2)12-5-13-32-19-9-6-17(7-10-19)20-15-22(28-25(27)21(20)16-26)18-8-11-23(30-3)24(14-18)31-4/h6-11,14-15H,5,12-13H2,1-4H3,(H2,27,28). The molecule has 0 unspecified atom stereocenters. The zero-order chi connectivity index (χ0) is 23.1. The van der Waals surface area contributed by atoms with E-state index in [-0.39, 0.29) is 5.82 Å². The molecule has 166 valence electrons. The van der Waals surface area contributed by atoms with Gasteiger partial charge in [-0.25, -0.2) is 4.98 Å². The Hall–Kier alpha value is -3.76. The Balaban J connectivity index is 1.92. The smallest absolute Gasteiger partial charge is 0.161 e. The van der Waals surface area contributed by atoms with E-state index < -0.39 is 0 Å². The van der Waals surface area contributed by atoms with Gasteiger partial charge in [0.25, 0.3) is 0 Å². The van der Waals surface area contributed by atoms with Crippen LogP contribution in [0.15, 0.2) is 48.5 Å². The molecule has 0 spiro atoms. The molecule has 1 aromatic heterocycles. The van der Waals surface area contributed by atoms with Crippen LogP contribution >= 0.6 is 0 Å². The Kier molecular flexibility index (Phi) is 7.53. The number of benzene rings is 2. The van der Waals surface area contributed by atoms with Gasteiger partial charge in [0.05, 0.1) is 26.5 Å². The van der Waals surface area contributed by atoms with E-state index in [0.717, 1.165) is 29.8 Å². The predicted octanol–water partition coefficient (Wildman–Crippen LogP) is 4.22. The van der Waals surface area contributed by atoms with Crippen molar-refractivity contribution in [3.05, 3.63) is 54.1 Å². The summed E-state index contributed by atoms with van der Waals surface area (Å²) in [5, 5.41) is 9.68. The highest BCUT2D eigenvalue weighted by Crippen LogP contribution is 2.35. The van der Waals surface area contributed by atoms with Gasteiger partial charge in [0.2, 0.25) is 0 Å². The molecule has 32 heavy (non-hydrogen) atoms. The Morgan fingerprint density at radius 2 is 1.66 bits per heavy atom. The highest BCUT2D eigenvalue weighted by atomic mass is 16.5. The average Bonchev–Trinajstić information content (AvgIpc) is 2.81. The fourth-order valence-electron chi connectivity index (χ4n) is 3.35. The molecule has 0 fully saturated rings. The average molecular weight is 433 g/mol. The quantitative estimate of drug-likeness (QED) is 0.506. The summed E-state index contributed by atoms with van der Waals surface area (Å²) in [6.07, 6.45) is 0.947. The van der Waals surface area contributed by atoms with E-state index in [1.165, 1.54) is 0 Å². The Labute approximate surface area is 189 Å². The van der Waals surface area contributed by atoms with Gasteiger partial charge in [-0.3, -0.25) is 0 Å². The predicted molar refractivity (Wildman–Crippen MR) is 126 cm³/mol. The van der Waals surface area contributed by atoms with E-state index >= 15 is 0 Å². The molecule has 2 N–H and O–H groups in total. The maximum atomic E-state index is 9.68. The third kappa shape index (κ3) is 5.29. The van der Waals surface area contributed by atoms with Crippen LogP contribution < -0.4 is 19.9 Å². The molecule has 7 nitrogen and oxygen atoms in total. The summed E-state index contributed by atoms with van der Waals surface area (Å²) in [4.78, 5) is 6.57. The summed E-state index contributed by atoms with van der Waals surface area (Å²) < 4.78 is 16.5. The van der Waals surface area contributed by atoms with E-state index in [2.05, 4.69) is 16.0 Å². The highest BCUT2D eigenvalue weighted by molar-refractivity contribution is 5.80. The SMILES string of the molecule is COc1ccc(-c2cc(-c3ccc(OCCCN(C)C)cc3)c(C#N)c(N)n2)cc1OC. The van der Waals surface area contributed by atoms with Crippen molar-refractivity contribution >= 4 is 5.82 Å². The monoisotopic (exact) mass is 432 g/mol. The van der Waals surface area contributed by atoms with Crippen LogP contribution in [0.1, 0.15) is 12.0 Å². The summed E-state index contributed by atoms with van der Waals surface area (Å²) >= 11 is 0. The van der Waals surface area contributed by atoms with Crippen LogP contribution in [0.4, 0.5) is 5.82 Å². The van der Waals surface area contributed by atoms with Crippen molar-refractivity contribution in [3.63, 3.8) is 0 Å². The lowest BCUT2D eigenvalue weighted by molar-refractivity contribution is 0.281. The normalized spacial score (nSPS) is 10.6. The van der Waals surface area contributed by atoms with Crippen LogP contribution in [0.25, 0.3) is 22.4 Å². The third-order valence-electron chi connectivity index (χ3n) is 5.02. The molecule has 0 bridgehead atoms. The minimum Gasteiger partial charge on any atom is -0.494 e. The lowest BCUT2D eigenvalue weighted by Crippen LogP contribution is -2.15. The van der Waals surface area contributed by atoms with Crippen LogP contribution in [0.2, 0.25) is 0 Å². The molecule has 7 heteroatoms. The van der Waals surface area contributed by atoms with Crippen LogP contribution in [-0.2, 0) is 0 Å². The van der Waals surface area contributed by atoms with Gasteiger partial charge in [0.15, 0.2) is 11.5 Å². The summed E-state index contributed by atoms with van der Waals surface area (Å²) in [5.74, 6) is 2.18. The Morgan fingerprint density at radius 3 is 2.28 bits per heavy atom. The second-order valence-corrected chi connectivity index (χ2v) is 7.53. The van der Waals surface area contributed by atoms with Crippen molar-refractivity contribution in [1.29, 1.82) is 5.26 Å². The number of nitriles is 1. The molecule has 0 saturated heterocycles. The van der Waals surface area contributed by atoms with Gasteiger partial charge in [-0.1, -0.05) is 12.1 Å². The van der Waals surface area contributed by atoms with Crippen molar-refractivity contribution in [1.82, 2.24) is 9.88 Å². The summed E-state index contributed by atoms with van der Waals surface area (Å²) in [6.45, 7) is 1.62. The first-order valence-electron chi connectivity index (χ1n) is 10.3. The number of hydrogen-bond acceptors (Lipinski definition) is 7. The molecule has 0 aliphatic rings.